The van der Waals surface area contributed by atoms with Crippen LogP contribution in [0.4, 0.5) is 0 Å². The summed E-state index contributed by atoms with van der Waals surface area (Å²) in [6.07, 6.45) is 7.16. The van der Waals surface area contributed by atoms with Crippen molar-refractivity contribution in [3.63, 3.8) is 0 Å². The zero-order valence-electron chi connectivity index (χ0n) is 11.3. The van der Waals surface area contributed by atoms with E-state index in [0.717, 1.165) is 31.6 Å². The first-order chi connectivity index (χ1) is 9.40. The summed E-state index contributed by atoms with van der Waals surface area (Å²) >= 11 is 0. The SMILES string of the molecule is C=CNCCNCCCCc1ccc2[nH]ncc2c1. The molecule has 0 aliphatic heterocycles. The van der Waals surface area contributed by atoms with Crippen LogP contribution in [0.5, 0.6) is 0 Å². The second-order valence-electron chi connectivity index (χ2n) is 4.66. The first kappa shape index (κ1) is 13.6. The molecule has 0 atom stereocenters. The minimum absolute atomic E-state index is 0.945. The number of hydrogen-bond donors (Lipinski definition) is 3. The number of nitrogens with one attached hydrogen (secondary N) is 3. The summed E-state index contributed by atoms with van der Waals surface area (Å²) in [5.41, 5.74) is 2.50. The maximum absolute atomic E-state index is 4.04. The van der Waals surface area contributed by atoms with Crippen molar-refractivity contribution in [1.29, 1.82) is 0 Å². The molecule has 2 aromatic rings. The van der Waals surface area contributed by atoms with Crippen LogP contribution in [0.1, 0.15) is 18.4 Å². The molecule has 2 rings (SSSR count). The largest absolute Gasteiger partial charge is 0.390 e. The Balaban J connectivity index is 1.61. The summed E-state index contributed by atoms with van der Waals surface area (Å²) < 4.78 is 0. The molecule has 0 saturated carbocycles. The fourth-order valence-corrected chi connectivity index (χ4v) is 2.11. The van der Waals surface area contributed by atoms with Crippen LogP contribution >= 0.6 is 0 Å². The number of rotatable bonds is 9. The summed E-state index contributed by atoms with van der Waals surface area (Å²) in [5, 5.41) is 14.7. The first-order valence-corrected chi connectivity index (χ1v) is 6.87. The molecule has 102 valence electrons. The number of benzene rings is 1. The van der Waals surface area contributed by atoms with Gasteiger partial charge in [0.2, 0.25) is 0 Å². The molecule has 0 fully saturated rings. The summed E-state index contributed by atoms with van der Waals surface area (Å²) in [4.78, 5) is 0. The highest BCUT2D eigenvalue weighted by molar-refractivity contribution is 5.78. The van der Waals surface area contributed by atoms with E-state index in [1.165, 1.54) is 23.8 Å². The normalized spacial score (nSPS) is 10.7. The Labute approximate surface area is 114 Å². The quantitative estimate of drug-likeness (QED) is 0.604. The Bertz CT molecular complexity index is 504. The van der Waals surface area contributed by atoms with Gasteiger partial charge in [-0.05, 0) is 49.7 Å². The monoisotopic (exact) mass is 258 g/mol. The van der Waals surface area contributed by atoms with Crippen molar-refractivity contribution in [1.82, 2.24) is 20.8 Å². The molecular formula is C15H22N4. The topological polar surface area (TPSA) is 52.7 Å². The van der Waals surface area contributed by atoms with Crippen LogP contribution in [-0.4, -0.2) is 29.8 Å². The van der Waals surface area contributed by atoms with Crippen molar-refractivity contribution in [2.45, 2.75) is 19.3 Å². The van der Waals surface area contributed by atoms with Gasteiger partial charge in [-0.1, -0.05) is 12.6 Å². The fourth-order valence-electron chi connectivity index (χ4n) is 2.11. The first-order valence-electron chi connectivity index (χ1n) is 6.87. The van der Waals surface area contributed by atoms with E-state index in [1.807, 2.05) is 6.20 Å². The van der Waals surface area contributed by atoms with E-state index in [9.17, 15) is 0 Å². The molecule has 3 N–H and O–H groups in total. The lowest BCUT2D eigenvalue weighted by Gasteiger charge is -2.05. The van der Waals surface area contributed by atoms with Crippen molar-refractivity contribution in [3.05, 3.63) is 42.7 Å². The zero-order valence-corrected chi connectivity index (χ0v) is 11.3. The van der Waals surface area contributed by atoms with Crippen molar-refractivity contribution >= 4 is 10.9 Å². The van der Waals surface area contributed by atoms with Gasteiger partial charge in [-0.15, -0.1) is 0 Å². The molecule has 0 radical (unpaired) electrons. The number of aromatic nitrogens is 2. The number of nitrogens with zero attached hydrogens (tertiary/aromatic N) is 1. The molecule has 0 spiro atoms. The van der Waals surface area contributed by atoms with Crippen LogP contribution in [0.3, 0.4) is 0 Å². The highest BCUT2D eigenvalue weighted by atomic mass is 15.1. The maximum atomic E-state index is 4.04. The van der Waals surface area contributed by atoms with Gasteiger partial charge in [0.25, 0.3) is 0 Å². The van der Waals surface area contributed by atoms with E-state index in [-0.39, 0.29) is 0 Å². The summed E-state index contributed by atoms with van der Waals surface area (Å²) in [6, 6.07) is 6.51. The standard InChI is InChI=1S/C15H22N4/c1-2-16-9-10-17-8-4-3-5-13-6-7-15-14(11-13)12-18-19-15/h2,6-7,11-12,16-17H,1,3-5,8-10H2,(H,18,19). The third-order valence-electron chi connectivity index (χ3n) is 3.16. The van der Waals surface area contributed by atoms with Gasteiger partial charge in [0.1, 0.15) is 0 Å². The Morgan fingerprint density at radius 2 is 2.16 bits per heavy atom. The van der Waals surface area contributed by atoms with E-state index in [0.29, 0.717) is 0 Å². The zero-order chi connectivity index (χ0) is 13.3. The average molecular weight is 258 g/mol. The minimum Gasteiger partial charge on any atom is -0.390 e. The average Bonchev–Trinajstić information content (AvgIpc) is 2.89. The molecule has 0 unspecified atom stereocenters. The lowest BCUT2D eigenvalue weighted by molar-refractivity contribution is 0.612. The molecule has 1 heterocycles. The Kier molecular flexibility index (Phi) is 5.44. The van der Waals surface area contributed by atoms with Gasteiger partial charge in [-0.25, -0.2) is 0 Å². The number of aromatic amines is 1. The van der Waals surface area contributed by atoms with E-state index >= 15 is 0 Å². The molecular weight excluding hydrogens is 236 g/mol. The molecule has 0 bridgehead atoms. The molecule has 4 nitrogen and oxygen atoms in total. The van der Waals surface area contributed by atoms with E-state index in [1.54, 1.807) is 6.20 Å². The van der Waals surface area contributed by atoms with Crippen molar-refractivity contribution < 1.29 is 0 Å². The van der Waals surface area contributed by atoms with Crippen LogP contribution in [0.2, 0.25) is 0 Å². The maximum Gasteiger partial charge on any atom is 0.0650 e. The predicted octanol–water partition coefficient (Wildman–Crippen LogP) is 2.21. The third-order valence-corrected chi connectivity index (χ3v) is 3.16. The number of unbranched alkanes of at least 4 members (excludes halogenated alkanes) is 1. The number of aryl methyl sites for hydroxylation is 1. The van der Waals surface area contributed by atoms with Crippen LogP contribution in [-0.2, 0) is 6.42 Å². The molecule has 0 amide bonds. The Hall–Kier alpha value is -1.81. The van der Waals surface area contributed by atoms with Crippen molar-refractivity contribution in [3.8, 4) is 0 Å². The van der Waals surface area contributed by atoms with Crippen LogP contribution < -0.4 is 10.6 Å². The number of H-pyrrole nitrogens is 1. The molecule has 1 aromatic heterocycles. The number of fused-ring (bicyclic) bond motifs is 1. The molecule has 0 saturated heterocycles. The van der Waals surface area contributed by atoms with Crippen molar-refractivity contribution in [2.75, 3.05) is 19.6 Å². The van der Waals surface area contributed by atoms with E-state index in [4.69, 9.17) is 0 Å². The molecule has 4 heteroatoms. The third kappa shape index (κ3) is 4.41. The molecule has 1 aromatic carbocycles. The molecule has 0 aliphatic rings. The summed E-state index contributed by atoms with van der Waals surface area (Å²) in [6.45, 7) is 6.63. The lowest BCUT2D eigenvalue weighted by atomic mass is 10.1. The van der Waals surface area contributed by atoms with E-state index in [2.05, 4.69) is 45.6 Å². The second-order valence-corrected chi connectivity index (χ2v) is 4.66. The second kappa shape index (κ2) is 7.59. The van der Waals surface area contributed by atoms with Crippen LogP contribution in [0.15, 0.2) is 37.2 Å². The molecule has 19 heavy (non-hydrogen) atoms. The van der Waals surface area contributed by atoms with Gasteiger partial charge >= 0.3 is 0 Å². The van der Waals surface area contributed by atoms with Crippen LogP contribution in [0, 0.1) is 0 Å². The van der Waals surface area contributed by atoms with Gasteiger partial charge in [-0.2, -0.15) is 5.10 Å². The lowest BCUT2D eigenvalue weighted by Crippen LogP contribution is -2.25. The Morgan fingerprint density at radius 3 is 3.05 bits per heavy atom. The van der Waals surface area contributed by atoms with Crippen molar-refractivity contribution in [2.24, 2.45) is 0 Å². The summed E-state index contributed by atoms with van der Waals surface area (Å²) in [5.74, 6) is 0. The molecule has 0 aliphatic carbocycles. The van der Waals surface area contributed by atoms with Gasteiger partial charge in [0.15, 0.2) is 0 Å². The van der Waals surface area contributed by atoms with Gasteiger partial charge in [0.05, 0.1) is 11.7 Å². The van der Waals surface area contributed by atoms with E-state index < -0.39 is 0 Å². The highest BCUT2D eigenvalue weighted by Crippen LogP contribution is 2.14. The van der Waals surface area contributed by atoms with Gasteiger partial charge in [0, 0.05) is 18.5 Å². The summed E-state index contributed by atoms with van der Waals surface area (Å²) in [7, 11) is 0. The fraction of sp³-hybridized carbons (Fsp3) is 0.400. The minimum atomic E-state index is 0.945. The number of hydrogen-bond acceptors (Lipinski definition) is 3. The predicted molar refractivity (Wildman–Crippen MR) is 80.1 cm³/mol. The van der Waals surface area contributed by atoms with Crippen LogP contribution in [0.25, 0.3) is 10.9 Å². The smallest absolute Gasteiger partial charge is 0.0650 e. The Morgan fingerprint density at radius 1 is 1.21 bits per heavy atom. The highest BCUT2D eigenvalue weighted by Gasteiger charge is 1.98. The van der Waals surface area contributed by atoms with Gasteiger partial charge < -0.3 is 10.6 Å². The van der Waals surface area contributed by atoms with Gasteiger partial charge in [-0.3, -0.25) is 5.10 Å².